The van der Waals surface area contributed by atoms with E-state index in [0.29, 0.717) is 11.1 Å². The van der Waals surface area contributed by atoms with E-state index in [-0.39, 0.29) is 5.43 Å². The molecule has 1 aromatic heterocycles. The molecule has 15 heavy (non-hydrogen) atoms. The first kappa shape index (κ1) is 9.77. The zero-order chi connectivity index (χ0) is 10.8. The molecule has 3 N–H and O–H groups in total. The van der Waals surface area contributed by atoms with Crippen molar-refractivity contribution >= 4 is 16.6 Å². The maximum absolute atomic E-state index is 11.8. The minimum atomic E-state index is 0.0412. The monoisotopic (exact) mass is 202 g/mol. The molecule has 0 saturated heterocycles. The van der Waals surface area contributed by atoms with Gasteiger partial charge in [0.15, 0.2) is 5.43 Å². The fourth-order valence-electron chi connectivity index (χ4n) is 1.72. The van der Waals surface area contributed by atoms with E-state index in [2.05, 4.69) is 11.9 Å². The molecule has 2 aromatic rings. The number of aromatic amines is 1. The van der Waals surface area contributed by atoms with Crippen molar-refractivity contribution in [2.24, 2.45) is 0 Å². The highest BCUT2D eigenvalue weighted by molar-refractivity contribution is 5.81. The summed E-state index contributed by atoms with van der Waals surface area (Å²) in [5, 5.41) is 0.662. The summed E-state index contributed by atoms with van der Waals surface area (Å²) in [5.74, 6) is 0. The second-order valence-electron chi connectivity index (χ2n) is 3.71. The molecule has 2 rings (SSSR count). The van der Waals surface area contributed by atoms with E-state index in [4.69, 9.17) is 5.73 Å². The van der Waals surface area contributed by atoms with E-state index in [0.717, 1.165) is 24.1 Å². The summed E-state index contributed by atoms with van der Waals surface area (Å²) < 4.78 is 0. The highest BCUT2D eigenvalue weighted by Crippen LogP contribution is 2.12. The van der Waals surface area contributed by atoms with Gasteiger partial charge in [-0.15, -0.1) is 0 Å². The summed E-state index contributed by atoms with van der Waals surface area (Å²) in [7, 11) is 0. The lowest BCUT2D eigenvalue weighted by atomic mass is 10.1. The van der Waals surface area contributed by atoms with Crippen LogP contribution in [0.2, 0.25) is 0 Å². The molecule has 0 amide bonds. The van der Waals surface area contributed by atoms with Gasteiger partial charge in [0.1, 0.15) is 0 Å². The highest BCUT2D eigenvalue weighted by Gasteiger charge is 2.01. The summed E-state index contributed by atoms with van der Waals surface area (Å²) >= 11 is 0. The largest absolute Gasteiger partial charge is 0.399 e. The van der Waals surface area contributed by atoms with Crippen molar-refractivity contribution < 1.29 is 0 Å². The van der Waals surface area contributed by atoms with Crippen LogP contribution in [0.4, 0.5) is 5.69 Å². The number of hydrogen-bond donors (Lipinski definition) is 2. The van der Waals surface area contributed by atoms with Crippen LogP contribution in [-0.4, -0.2) is 4.98 Å². The Balaban J connectivity index is 2.67. The molecule has 0 aliphatic carbocycles. The van der Waals surface area contributed by atoms with Crippen molar-refractivity contribution in [1.29, 1.82) is 0 Å². The maximum Gasteiger partial charge on any atom is 0.189 e. The van der Waals surface area contributed by atoms with Crippen molar-refractivity contribution in [1.82, 2.24) is 4.98 Å². The molecule has 1 heterocycles. The zero-order valence-electron chi connectivity index (χ0n) is 8.71. The quantitative estimate of drug-likeness (QED) is 0.732. The molecule has 78 valence electrons. The Labute approximate surface area is 87.9 Å². The topological polar surface area (TPSA) is 58.9 Å². The number of pyridine rings is 1. The fraction of sp³-hybridized carbons (Fsp3) is 0.250. The summed E-state index contributed by atoms with van der Waals surface area (Å²) in [4.78, 5) is 15.0. The van der Waals surface area contributed by atoms with Crippen molar-refractivity contribution in [3.05, 3.63) is 40.2 Å². The standard InChI is InChI=1S/C12H14N2O/c1-2-3-9-7-12(15)10-6-8(13)4-5-11(10)14-9/h4-7H,2-3,13H2,1H3,(H,14,15). The number of rotatable bonds is 2. The second-order valence-corrected chi connectivity index (χ2v) is 3.71. The van der Waals surface area contributed by atoms with Gasteiger partial charge in [0, 0.05) is 28.4 Å². The average molecular weight is 202 g/mol. The number of nitrogens with one attached hydrogen (secondary N) is 1. The number of anilines is 1. The summed E-state index contributed by atoms with van der Waals surface area (Å²) in [6.07, 6.45) is 1.92. The maximum atomic E-state index is 11.8. The van der Waals surface area contributed by atoms with E-state index >= 15 is 0 Å². The van der Waals surface area contributed by atoms with E-state index in [9.17, 15) is 4.79 Å². The number of aromatic nitrogens is 1. The van der Waals surface area contributed by atoms with Gasteiger partial charge in [-0.25, -0.2) is 0 Å². The zero-order valence-corrected chi connectivity index (χ0v) is 8.71. The fourth-order valence-corrected chi connectivity index (χ4v) is 1.72. The van der Waals surface area contributed by atoms with E-state index < -0.39 is 0 Å². The number of benzene rings is 1. The Bertz CT molecular complexity index is 543. The second kappa shape index (κ2) is 3.77. The number of fused-ring (bicyclic) bond motifs is 1. The molecular weight excluding hydrogens is 188 g/mol. The molecule has 0 bridgehead atoms. The van der Waals surface area contributed by atoms with Crippen LogP contribution in [-0.2, 0) is 6.42 Å². The van der Waals surface area contributed by atoms with Gasteiger partial charge < -0.3 is 10.7 Å². The molecule has 0 aliphatic heterocycles. The van der Waals surface area contributed by atoms with Crippen molar-refractivity contribution in [3.8, 4) is 0 Å². The van der Waals surface area contributed by atoms with Crippen LogP contribution in [0.3, 0.4) is 0 Å². The molecule has 0 spiro atoms. The molecule has 0 radical (unpaired) electrons. The van der Waals surface area contributed by atoms with Crippen LogP contribution < -0.4 is 11.2 Å². The van der Waals surface area contributed by atoms with Crippen LogP contribution in [0.5, 0.6) is 0 Å². The first-order chi connectivity index (χ1) is 7.20. The van der Waals surface area contributed by atoms with Gasteiger partial charge in [0.2, 0.25) is 0 Å². The molecular formula is C12H14N2O. The number of nitrogen functional groups attached to an aromatic ring is 1. The highest BCUT2D eigenvalue weighted by atomic mass is 16.1. The molecule has 3 heteroatoms. The minimum absolute atomic E-state index is 0.0412. The average Bonchev–Trinajstić information content (AvgIpc) is 2.20. The molecule has 3 nitrogen and oxygen atoms in total. The van der Waals surface area contributed by atoms with E-state index in [1.807, 2.05) is 6.07 Å². The van der Waals surface area contributed by atoms with E-state index in [1.165, 1.54) is 0 Å². The Kier molecular flexibility index (Phi) is 2.46. The molecule has 1 aromatic carbocycles. The van der Waals surface area contributed by atoms with Gasteiger partial charge in [0.25, 0.3) is 0 Å². The van der Waals surface area contributed by atoms with Crippen LogP contribution in [0.25, 0.3) is 10.9 Å². The molecule has 0 atom stereocenters. The van der Waals surface area contributed by atoms with Gasteiger partial charge >= 0.3 is 0 Å². The minimum Gasteiger partial charge on any atom is -0.399 e. The number of H-pyrrole nitrogens is 1. The Hall–Kier alpha value is -1.77. The van der Waals surface area contributed by atoms with Gasteiger partial charge in [-0.05, 0) is 24.6 Å². The summed E-state index contributed by atoms with van der Waals surface area (Å²) in [6.45, 7) is 2.09. The van der Waals surface area contributed by atoms with Crippen LogP contribution in [0, 0.1) is 0 Å². The first-order valence-electron chi connectivity index (χ1n) is 5.12. The van der Waals surface area contributed by atoms with E-state index in [1.54, 1.807) is 18.2 Å². The third-order valence-corrected chi connectivity index (χ3v) is 2.43. The SMILES string of the molecule is CCCc1cc(=O)c2cc(N)ccc2[nH]1. The van der Waals surface area contributed by atoms with Crippen molar-refractivity contribution in [2.75, 3.05) is 5.73 Å². The summed E-state index contributed by atoms with van der Waals surface area (Å²) in [5.41, 5.74) is 8.15. The number of nitrogens with two attached hydrogens (primary N) is 1. The van der Waals surface area contributed by atoms with Gasteiger partial charge in [-0.2, -0.15) is 0 Å². The molecule has 0 saturated carbocycles. The predicted octanol–water partition coefficient (Wildman–Crippen LogP) is 2.06. The lowest BCUT2D eigenvalue weighted by molar-refractivity contribution is 0.888. The van der Waals surface area contributed by atoms with Crippen LogP contribution >= 0.6 is 0 Å². The Morgan fingerprint density at radius 3 is 2.87 bits per heavy atom. The lowest BCUT2D eigenvalue weighted by Gasteiger charge is -2.03. The molecule has 0 unspecified atom stereocenters. The van der Waals surface area contributed by atoms with Gasteiger partial charge in [-0.1, -0.05) is 13.3 Å². The molecule has 0 fully saturated rings. The Morgan fingerprint density at radius 1 is 1.33 bits per heavy atom. The number of aryl methyl sites for hydroxylation is 1. The smallest absolute Gasteiger partial charge is 0.189 e. The van der Waals surface area contributed by atoms with Crippen molar-refractivity contribution in [3.63, 3.8) is 0 Å². The van der Waals surface area contributed by atoms with Crippen LogP contribution in [0.1, 0.15) is 19.0 Å². The van der Waals surface area contributed by atoms with Gasteiger partial charge in [-0.3, -0.25) is 4.79 Å². The lowest BCUT2D eigenvalue weighted by Crippen LogP contribution is -2.05. The third kappa shape index (κ3) is 1.86. The third-order valence-electron chi connectivity index (χ3n) is 2.43. The normalized spacial score (nSPS) is 10.7. The summed E-state index contributed by atoms with van der Waals surface area (Å²) in [6, 6.07) is 7.02. The Morgan fingerprint density at radius 2 is 2.13 bits per heavy atom. The predicted molar refractivity (Wildman–Crippen MR) is 63.0 cm³/mol. The van der Waals surface area contributed by atoms with Gasteiger partial charge in [0.05, 0.1) is 0 Å². The molecule has 0 aliphatic rings. The number of hydrogen-bond acceptors (Lipinski definition) is 2. The van der Waals surface area contributed by atoms with Crippen molar-refractivity contribution in [2.45, 2.75) is 19.8 Å². The van der Waals surface area contributed by atoms with Crippen LogP contribution in [0.15, 0.2) is 29.1 Å². The first-order valence-corrected chi connectivity index (χ1v) is 5.12.